The van der Waals surface area contributed by atoms with Gasteiger partial charge in [0.05, 0.1) is 6.10 Å². The minimum absolute atomic E-state index is 0.0416. The first-order valence-corrected chi connectivity index (χ1v) is 9.30. The van der Waals surface area contributed by atoms with Gasteiger partial charge in [0.15, 0.2) is 0 Å². The summed E-state index contributed by atoms with van der Waals surface area (Å²) in [4.78, 5) is 22.5. The molecule has 4 heteroatoms. The largest absolute Gasteiger partial charge is 0.481 e. The lowest BCUT2D eigenvalue weighted by molar-refractivity contribution is -0.137. The Bertz CT molecular complexity index is 439. The summed E-state index contributed by atoms with van der Waals surface area (Å²) in [5, 5.41) is 18.7. The Kier molecular flexibility index (Phi) is 10.3. The first-order valence-electron chi connectivity index (χ1n) is 9.30. The molecule has 0 bridgehead atoms. The summed E-state index contributed by atoms with van der Waals surface area (Å²) in [5.74, 6) is -0.851. The third kappa shape index (κ3) is 7.91. The lowest BCUT2D eigenvalue weighted by atomic mass is 9.90. The number of carbonyl (C=O) groups is 2. The van der Waals surface area contributed by atoms with Crippen molar-refractivity contribution in [2.24, 2.45) is 11.8 Å². The van der Waals surface area contributed by atoms with Crippen molar-refractivity contribution < 1.29 is 19.8 Å². The van der Waals surface area contributed by atoms with E-state index in [1.54, 1.807) is 0 Å². The van der Waals surface area contributed by atoms with Gasteiger partial charge in [-0.05, 0) is 32.1 Å². The molecule has 1 aliphatic carbocycles. The number of aliphatic hydroxyl groups excluding tert-OH is 1. The van der Waals surface area contributed by atoms with Crippen LogP contribution in [0, 0.1) is 11.8 Å². The molecule has 1 rings (SSSR count). The molecule has 3 unspecified atom stereocenters. The molecular formula is C20H32O4. The van der Waals surface area contributed by atoms with Crippen molar-refractivity contribution in [3.05, 3.63) is 24.3 Å². The minimum Gasteiger partial charge on any atom is -0.481 e. The van der Waals surface area contributed by atoms with E-state index in [2.05, 4.69) is 13.0 Å². The van der Waals surface area contributed by atoms with Crippen LogP contribution in [0.2, 0.25) is 0 Å². The van der Waals surface area contributed by atoms with Gasteiger partial charge >= 0.3 is 5.97 Å². The van der Waals surface area contributed by atoms with Crippen LogP contribution < -0.4 is 0 Å². The van der Waals surface area contributed by atoms with E-state index in [4.69, 9.17) is 5.11 Å². The first kappa shape index (κ1) is 20.6. The zero-order chi connectivity index (χ0) is 17.8. The molecule has 4 nitrogen and oxygen atoms in total. The number of carbonyl (C=O) groups excluding carboxylic acids is 1. The van der Waals surface area contributed by atoms with Crippen LogP contribution in [0.3, 0.4) is 0 Å². The van der Waals surface area contributed by atoms with Gasteiger partial charge in [0, 0.05) is 24.7 Å². The molecule has 0 aromatic heterocycles. The Labute approximate surface area is 145 Å². The SMILES string of the molecule is CCCCCC/C=C/C1C(=O)CC(O)C1C/C=C/CCCC(=O)O. The fourth-order valence-electron chi connectivity index (χ4n) is 3.20. The van der Waals surface area contributed by atoms with E-state index in [0.29, 0.717) is 12.8 Å². The second-order valence-electron chi connectivity index (χ2n) is 6.70. The molecule has 3 atom stereocenters. The summed E-state index contributed by atoms with van der Waals surface area (Å²) in [6.07, 6.45) is 15.8. The number of ketones is 1. The summed E-state index contributed by atoms with van der Waals surface area (Å²) >= 11 is 0. The Morgan fingerprint density at radius 2 is 1.88 bits per heavy atom. The number of aliphatic hydroxyl groups is 1. The quantitative estimate of drug-likeness (QED) is 0.412. The average Bonchev–Trinajstić information content (AvgIpc) is 2.80. The number of unbranched alkanes of at least 4 members (excludes halogenated alkanes) is 5. The third-order valence-electron chi connectivity index (χ3n) is 4.64. The molecule has 0 amide bonds. The van der Waals surface area contributed by atoms with Gasteiger partial charge in [-0.2, -0.15) is 0 Å². The molecule has 0 spiro atoms. The maximum Gasteiger partial charge on any atom is 0.303 e. The van der Waals surface area contributed by atoms with Gasteiger partial charge in [-0.25, -0.2) is 0 Å². The standard InChI is InChI=1S/C20H32O4/c1-2-3-4-5-6-9-12-16-17(19(22)15-18(16)21)13-10-7-8-11-14-20(23)24/h7,9-10,12,16-17,19,22H,2-6,8,11,13-15H2,1H3,(H,23,24)/b10-7+,12-9+. The van der Waals surface area contributed by atoms with Gasteiger partial charge in [-0.1, -0.05) is 50.5 Å². The Morgan fingerprint density at radius 3 is 2.58 bits per heavy atom. The number of carboxylic acid groups (broad SMARTS) is 1. The zero-order valence-corrected chi connectivity index (χ0v) is 14.8. The van der Waals surface area contributed by atoms with Crippen molar-refractivity contribution in [2.75, 3.05) is 0 Å². The van der Waals surface area contributed by atoms with Crippen molar-refractivity contribution in [2.45, 2.75) is 77.2 Å². The van der Waals surface area contributed by atoms with Crippen LogP contribution in [0.1, 0.15) is 71.1 Å². The molecule has 0 saturated heterocycles. The van der Waals surface area contributed by atoms with Crippen LogP contribution in [0.4, 0.5) is 0 Å². The molecule has 0 heterocycles. The smallest absolute Gasteiger partial charge is 0.303 e. The number of carboxylic acids is 1. The van der Waals surface area contributed by atoms with Gasteiger partial charge in [0.2, 0.25) is 0 Å². The fourth-order valence-corrected chi connectivity index (χ4v) is 3.20. The summed E-state index contributed by atoms with van der Waals surface area (Å²) in [7, 11) is 0. The molecule has 24 heavy (non-hydrogen) atoms. The number of rotatable bonds is 12. The first-order chi connectivity index (χ1) is 11.6. The van der Waals surface area contributed by atoms with Gasteiger partial charge in [-0.3, -0.25) is 9.59 Å². The highest BCUT2D eigenvalue weighted by molar-refractivity contribution is 5.86. The van der Waals surface area contributed by atoms with Crippen LogP contribution in [-0.4, -0.2) is 28.1 Å². The van der Waals surface area contributed by atoms with E-state index < -0.39 is 12.1 Å². The monoisotopic (exact) mass is 336 g/mol. The molecule has 0 aromatic carbocycles. The summed E-state index contributed by atoms with van der Waals surface area (Å²) in [6.45, 7) is 2.19. The zero-order valence-electron chi connectivity index (χ0n) is 14.8. The molecule has 0 aromatic rings. The Morgan fingerprint density at radius 1 is 1.12 bits per heavy atom. The molecule has 0 aliphatic heterocycles. The van der Waals surface area contributed by atoms with Crippen LogP contribution in [0.5, 0.6) is 0 Å². The number of hydrogen-bond acceptors (Lipinski definition) is 3. The predicted molar refractivity (Wildman–Crippen MR) is 95.8 cm³/mol. The van der Waals surface area contributed by atoms with Crippen molar-refractivity contribution in [1.29, 1.82) is 0 Å². The molecule has 1 aliphatic rings. The van der Waals surface area contributed by atoms with Crippen molar-refractivity contribution in [3.8, 4) is 0 Å². The third-order valence-corrected chi connectivity index (χ3v) is 4.64. The summed E-state index contributed by atoms with van der Waals surface area (Å²) < 4.78 is 0. The molecule has 1 saturated carbocycles. The van der Waals surface area contributed by atoms with E-state index in [1.807, 2.05) is 18.2 Å². The number of aliphatic carboxylic acids is 1. The number of allylic oxidation sites excluding steroid dienone is 4. The summed E-state index contributed by atoms with van der Waals surface area (Å²) in [5.41, 5.74) is 0. The van der Waals surface area contributed by atoms with Crippen LogP contribution in [0.25, 0.3) is 0 Å². The van der Waals surface area contributed by atoms with E-state index in [9.17, 15) is 14.7 Å². The topological polar surface area (TPSA) is 74.6 Å². The van der Waals surface area contributed by atoms with E-state index in [-0.39, 0.29) is 30.5 Å². The number of hydrogen-bond donors (Lipinski definition) is 2. The van der Waals surface area contributed by atoms with E-state index >= 15 is 0 Å². The van der Waals surface area contributed by atoms with E-state index in [1.165, 1.54) is 19.3 Å². The van der Waals surface area contributed by atoms with Gasteiger partial charge in [-0.15, -0.1) is 0 Å². The highest BCUT2D eigenvalue weighted by atomic mass is 16.4. The molecule has 136 valence electrons. The normalized spacial score (nSPS) is 24.4. The molecule has 0 radical (unpaired) electrons. The van der Waals surface area contributed by atoms with Crippen molar-refractivity contribution in [3.63, 3.8) is 0 Å². The van der Waals surface area contributed by atoms with Crippen LogP contribution in [0.15, 0.2) is 24.3 Å². The van der Waals surface area contributed by atoms with Crippen LogP contribution in [-0.2, 0) is 9.59 Å². The van der Waals surface area contributed by atoms with Crippen LogP contribution >= 0.6 is 0 Å². The van der Waals surface area contributed by atoms with Gasteiger partial charge < -0.3 is 10.2 Å². The van der Waals surface area contributed by atoms with E-state index in [0.717, 1.165) is 19.3 Å². The maximum atomic E-state index is 12.1. The highest BCUT2D eigenvalue weighted by Gasteiger charge is 2.38. The fraction of sp³-hybridized carbons (Fsp3) is 0.700. The summed E-state index contributed by atoms with van der Waals surface area (Å²) in [6, 6.07) is 0. The minimum atomic E-state index is -0.774. The Hall–Kier alpha value is -1.42. The highest BCUT2D eigenvalue weighted by Crippen LogP contribution is 2.33. The predicted octanol–water partition coefficient (Wildman–Crippen LogP) is 4.28. The van der Waals surface area contributed by atoms with Gasteiger partial charge in [0.25, 0.3) is 0 Å². The number of Topliss-reactive ketones (excluding diaryl/α,β-unsaturated/α-hetero) is 1. The Balaban J connectivity index is 2.38. The second-order valence-corrected chi connectivity index (χ2v) is 6.70. The van der Waals surface area contributed by atoms with Crippen molar-refractivity contribution in [1.82, 2.24) is 0 Å². The van der Waals surface area contributed by atoms with Crippen molar-refractivity contribution >= 4 is 11.8 Å². The molecule has 2 N–H and O–H groups in total. The second kappa shape index (κ2) is 12.0. The lowest BCUT2D eigenvalue weighted by Crippen LogP contribution is -2.18. The molecular weight excluding hydrogens is 304 g/mol. The van der Waals surface area contributed by atoms with Gasteiger partial charge in [0.1, 0.15) is 5.78 Å². The maximum absolute atomic E-state index is 12.1. The lowest BCUT2D eigenvalue weighted by Gasteiger charge is -2.16. The molecule has 1 fully saturated rings. The average molecular weight is 336 g/mol.